The maximum Gasteiger partial charge on any atom is 0.125 e. The van der Waals surface area contributed by atoms with Crippen LogP contribution in [0.15, 0.2) is 18.2 Å². The van der Waals surface area contributed by atoms with Gasteiger partial charge in [-0.3, -0.25) is 4.90 Å². The molecular weight excluding hydrogens is 284 g/mol. The topological polar surface area (TPSA) is 38.5 Å². The van der Waals surface area contributed by atoms with E-state index in [1.807, 2.05) is 18.2 Å². The predicted molar refractivity (Wildman–Crippen MR) is 86.8 cm³/mol. The van der Waals surface area contributed by atoms with Crippen molar-refractivity contribution >= 4 is 11.6 Å². The number of benzene rings is 1. The standard InChI is InChI=1S/C17H25ClN2O/c1-21-16-4-2-3-14(18)17(16)15(9-19)20(10-12-5-6-12)11-13-7-8-13/h2-4,12-13,15H,5-11,19H2,1H3. The Hall–Kier alpha value is -0.770. The number of nitrogens with zero attached hydrogens (tertiary/aromatic N) is 1. The molecule has 0 bridgehead atoms. The van der Waals surface area contributed by atoms with Gasteiger partial charge in [-0.25, -0.2) is 0 Å². The molecule has 2 N–H and O–H groups in total. The first-order valence-electron chi connectivity index (χ1n) is 7.99. The molecule has 2 aliphatic rings. The van der Waals surface area contributed by atoms with Crippen molar-refractivity contribution in [1.82, 2.24) is 4.90 Å². The number of hydrogen-bond acceptors (Lipinski definition) is 3. The fourth-order valence-corrected chi connectivity index (χ4v) is 3.35. The van der Waals surface area contributed by atoms with Crippen molar-refractivity contribution in [2.24, 2.45) is 17.6 Å². The molecule has 1 atom stereocenters. The molecule has 0 aromatic heterocycles. The summed E-state index contributed by atoms with van der Waals surface area (Å²) in [6, 6.07) is 6.02. The van der Waals surface area contributed by atoms with E-state index in [-0.39, 0.29) is 6.04 Å². The molecular formula is C17H25ClN2O. The highest BCUT2D eigenvalue weighted by atomic mass is 35.5. The molecule has 1 aromatic carbocycles. The van der Waals surface area contributed by atoms with Crippen molar-refractivity contribution in [2.75, 3.05) is 26.7 Å². The minimum atomic E-state index is 0.162. The maximum atomic E-state index is 6.47. The van der Waals surface area contributed by atoms with Crippen LogP contribution in [-0.2, 0) is 0 Å². The van der Waals surface area contributed by atoms with Crippen molar-refractivity contribution in [2.45, 2.75) is 31.7 Å². The van der Waals surface area contributed by atoms with Gasteiger partial charge in [-0.05, 0) is 49.7 Å². The molecule has 4 heteroatoms. The molecule has 2 fully saturated rings. The smallest absolute Gasteiger partial charge is 0.125 e. The molecule has 0 saturated heterocycles. The van der Waals surface area contributed by atoms with Crippen LogP contribution in [0.5, 0.6) is 5.75 Å². The summed E-state index contributed by atoms with van der Waals surface area (Å²) in [6.07, 6.45) is 5.44. The zero-order valence-electron chi connectivity index (χ0n) is 12.7. The predicted octanol–water partition coefficient (Wildman–Crippen LogP) is 3.47. The molecule has 2 saturated carbocycles. The highest BCUT2D eigenvalue weighted by Crippen LogP contribution is 2.40. The van der Waals surface area contributed by atoms with Gasteiger partial charge in [-0.1, -0.05) is 17.7 Å². The van der Waals surface area contributed by atoms with E-state index in [0.29, 0.717) is 6.54 Å². The molecule has 0 radical (unpaired) electrons. The molecule has 21 heavy (non-hydrogen) atoms. The largest absolute Gasteiger partial charge is 0.496 e. The van der Waals surface area contributed by atoms with Gasteiger partial charge in [-0.2, -0.15) is 0 Å². The average molecular weight is 309 g/mol. The molecule has 0 spiro atoms. The van der Waals surface area contributed by atoms with Crippen molar-refractivity contribution < 1.29 is 4.74 Å². The van der Waals surface area contributed by atoms with Gasteiger partial charge < -0.3 is 10.5 Å². The van der Waals surface area contributed by atoms with Crippen LogP contribution < -0.4 is 10.5 Å². The van der Waals surface area contributed by atoms with Gasteiger partial charge in [0.25, 0.3) is 0 Å². The number of rotatable bonds is 8. The lowest BCUT2D eigenvalue weighted by Crippen LogP contribution is -2.37. The Morgan fingerprint density at radius 3 is 2.33 bits per heavy atom. The molecule has 0 heterocycles. The second-order valence-electron chi connectivity index (χ2n) is 6.45. The minimum absolute atomic E-state index is 0.162. The van der Waals surface area contributed by atoms with Crippen LogP contribution in [0.2, 0.25) is 5.02 Å². The van der Waals surface area contributed by atoms with Gasteiger partial charge in [0, 0.05) is 30.2 Å². The summed E-state index contributed by atoms with van der Waals surface area (Å²) >= 11 is 6.47. The Labute approximate surface area is 132 Å². The Balaban J connectivity index is 1.86. The van der Waals surface area contributed by atoms with Crippen LogP contribution in [0, 0.1) is 11.8 Å². The van der Waals surface area contributed by atoms with Gasteiger partial charge in [0.15, 0.2) is 0 Å². The molecule has 1 unspecified atom stereocenters. The van der Waals surface area contributed by atoms with E-state index in [0.717, 1.165) is 41.3 Å². The van der Waals surface area contributed by atoms with E-state index in [9.17, 15) is 0 Å². The monoisotopic (exact) mass is 308 g/mol. The molecule has 116 valence electrons. The summed E-state index contributed by atoms with van der Waals surface area (Å²) in [6.45, 7) is 2.87. The molecule has 2 aliphatic carbocycles. The van der Waals surface area contributed by atoms with Gasteiger partial charge >= 0.3 is 0 Å². The lowest BCUT2D eigenvalue weighted by molar-refractivity contribution is 0.181. The molecule has 3 nitrogen and oxygen atoms in total. The van der Waals surface area contributed by atoms with Gasteiger partial charge in [0.05, 0.1) is 13.2 Å². The SMILES string of the molecule is COc1cccc(Cl)c1C(CN)N(CC1CC1)CC1CC1. The Bertz CT molecular complexity index is 472. The first-order valence-corrected chi connectivity index (χ1v) is 8.37. The summed E-state index contributed by atoms with van der Waals surface area (Å²) in [4.78, 5) is 2.55. The van der Waals surface area contributed by atoms with Gasteiger partial charge in [0.1, 0.15) is 5.75 Å². The third-order valence-corrected chi connectivity index (χ3v) is 4.94. The summed E-state index contributed by atoms with van der Waals surface area (Å²) in [5.41, 5.74) is 7.20. The lowest BCUT2D eigenvalue weighted by Gasteiger charge is -2.33. The van der Waals surface area contributed by atoms with Crippen molar-refractivity contribution in [3.8, 4) is 5.75 Å². The third kappa shape index (κ3) is 3.71. The normalized spacial score (nSPS) is 19.8. The molecule has 3 rings (SSSR count). The highest BCUT2D eigenvalue weighted by molar-refractivity contribution is 6.31. The zero-order valence-corrected chi connectivity index (χ0v) is 13.5. The van der Waals surface area contributed by atoms with Crippen LogP contribution in [-0.4, -0.2) is 31.6 Å². The van der Waals surface area contributed by atoms with E-state index < -0.39 is 0 Å². The first-order chi connectivity index (χ1) is 10.2. The van der Waals surface area contributed by atoms with Crippen molar-refractivity contribution in [3.05, 3.63) is 28.8 Å². The zero-order chi connectivity index (χ0) is 14.8. The number of halogens is 1. The van der Waals surface area contributed by atoms with Crippen LogP contribution in [0.25, 0.3) is 0 Å². The van der Waals surface area contributed by atoms with Gasteiger partial charge in [-0.15, -0.1) is 0 Å². The Kier molecular flexibility index (Phi) is 4.72. The number of nitrogens with two attached hydrogens (primary N) is 1. The van der Waals surface area contributed by atoms with Crippen LogP contribution >= 0.6 is 11.6 Å². The van der Waals surface area contributed by atoms with E-state index >= 15 is 0 Å². The van der Waals surface area contributed by atoms with Crippen LogP contribution in [0.4, 0.5) is 0 Å². The fourth-order valence-electron chi connectivity index (χ4n) is 3.06. The second kappa shape index (κ2) is 6.55. The Morgan fingerprint density at radius 2 is 1.86 bits per heavy atom. The highest BCUT2D eigenvalue weighted by Gasteiger charge is 2.34. The van der Waals surface area contributed by atoms with E-state index in [1.54, 1.807) is 7.11 Å². The minimum Gasteiger partial charge on any atom is -0.496 e. The van der Waals surface area contributed by atoms with E-state index in [4.69, 9.17) is 22.1 Å². The van der Waals surface area contributed by atoms with Crippen LogP contribution in [0.1, 0.15) is 37.3 Å². The van der Waals surface area contributed by atoms with E-state index in [1.165, 1.54) is 25.7 Å². The summed E-state index contributed by atoms with van der Waals surface area (Å²) in [7, 11) is 1.70. The fraction of sp³-hybridized carbons (Fsp3) is 0.647. The summed E-state index contributed by atoms with van der Waals surface area (Å²) in [5, 5.41) is 0.765. The summed E-state index contributed by atoms with van der Waals surface area (Å²) in [5.74, 6) is 2.56. The third-order valence-electron chi connectivity index (χ3n) is 4.61. The Morgan fingerprint density at radius 1 is 1.24 bits per heavy atom. The first kappa shape index (κ1) is 15.1. The number of hydrogen-bond donors (Lipinski definition) is 1. The number of methoxy groups -OCH3 is 1. The summed E-state index contributed by atoms with van der Waals surface area (Å²) < 4.78 is 5.53. The number of ether oxygens (including phenoxy) is 1. The quantitative estimate of drug-likeness (QED) is 0.799. The van der Waals surface area contributed by atoms with Crippen molar-refractivity contribution in [3.63, 3.8) is 0 Å². The van der Waals surface area contributed by atoms with Gasteiger partial charge in [0.2, 0.25) is 0 Å². The maximum absolute atomic E-state index is 6.47. The second-order valence-corrected chi connectivity index (χ2v) is 6.86. The van der Waals surface area contributed by atoms with Crippen molar-refractivity contribution in [1.29, 1.82) is 0 Å². The molecule has 0 amide bonds. The van der Waals surface area contributed by atoms with Crippen LogP contribution in [0.3, 0.4) is 0 Å². The lowest BCUT2D eigenvalue weighted by atomic mass is 10.0. The van der Waals surface area contributed by atoms with E-state index in [2.05, 4.69) is 4.90 Å². The molecule has 0 aliphatic heterocycles. The average Bonchev–Trinajstić information content (AvgIpc) is 3.37. The molecule has 1 aromatic rings.